The van der Waals surface area contributed by atoms with Gasteiger partial charge in [0.05, 0.1) is 0 Å². The summed E-state index contributed by atoms with van der Waals surface area (Å²) in [6, 6.07) is 4.56. The second kappa shape index (κ2) is 4.94. The highest BCUT2D eigenvalue weighted by atomic mass is 14.9. The van der Waals surface area contributed by atoms with E-state index >= 15 is 0 Å². The molecule has 0 radical (unpaired) electrons. The van der Waals surface area contributed by atoms with Gasteiger partial charge in [0, 0.05) is 35.9 Å². The molecule has 0 aromatic carbocycles. The van der Waals surface area contributed by atoms with Crippen molar-refractivity contribution in [2.24, 2.45) is 0 Å². The van der Waals surface area contributed by atoms with Crippen molar-refractivity contribution in [1.82, 2.24) is 15.3 Å². The highest BCUT2D eigenvalue weighted by Crippen LogP contribution is 2.16. The largest absolute Gasteiger partial charge is 0.346 e. The van der Waals surface area contributed by atoms with Gasteiger partial charge in [0.1, 0.15) is 5.65 Å². The number of nitrogens with one attached hydrogen (secondary N) is 2. The maximum absolute atomic E-state index is 4.25. The third kappa shape index (κ3) is 2.49. The Balaban J connectivity index is 2.09. The molecule has 0 atom stereocenters. The van der Waals surface area contributed by atoms with E-state index in [2.05, 4.69) is 47.4 Å². The molecule has 3 nitrogen and oxygen atoms in total. The van der Waals surface area contributed by atoms with Gasteiger partial charge in [-0.25, -0.2) is 4.98 Å². The molecule has 0 aliphatic carbocycles. The Morgan fingerprint density at radius 3 is 3.19 bits per heavy atom. The maximum Gasteiger partial charge on any atom is 0.137 e. The van der Waals surface area contributed by atoms with E-state index in [4.69, 9.17) is 0 Å². The van der Waals surface area contributed by atoms with Crippen LogP contribution in [0.5, 0.6) is 0 Å². The SMILES string of the molecule is CC(C)NCC=Cc1c[nH]c2ncccc12. The van der Waals surface area contributed by atoms with Gasteiger partial charge in [-0.15, -0.1) is 0 Å². The van der Waals surface area contributed by atoms with Gasteiger partial charge >= 0.3 is 0 Å². The Hall–Kier alpha value is -1.61. The second-order valence-electron chi connectivity index (χ2n) is 4.11. The number of aromatic amines is 1. The van der Waals surface area contributed by atoms with Crippen LogP contribution in [0.3, 0.4) is 0 Å². The molecular weight excluding hydrogens is 198 g/mol. The first-order valence-corrected chi connectivity index (χ1v) is 5.59. The third-order valence-corrected chi connectivity index (χ3v) is 2.42. The van der Waals surface area contributed by atoms with E-state index in [-0.39, 0.29) is 0 Å². The number of fused-ring (bicyclic) bond motifs is 1. The van der Waals surface area contributed by atoms with Gasteiger partial charge in [-0.05, 0) is 12.1 Å². The fourth-order valence-corrected chi connectivity index (χ4v) is 1.60. The molecule has 2 rings (SSSR count). The Bertz CT molecular complexity index is 483. The molecule has 0 spiro atoms. The van der Waals surface area contributed by atoms with E-state index in [0.717, 1.165) is 12.2 Å². The van der Waals surface area contributed by atoms with E-state index in [1.54, 1.807) is 6.20 Å². The number of hydrogen-bond acceptors (Lipinski definition) is 2. The zero-order valence-electron chi connectivity index (χ0n) is 9.70. The van der Waals surface area contributed by atoms with Crippen molar-refractivity contribution < 1.29 is 0 Å². The summed E-state index contributed by atoms with van der Waals surface area (Å²) in [6.07, 6.45) is 8.04. The lowest BCUT2D eigenvalue weighted by atomic mass is 10.2. The summed E-state index contributed by atoms with van der Waals surface area (Å²) in [5.74, 6) is 0. The number of rotatable bonds is 4. The van der Waals surface area contributed by atoms with Crippen molar-refractivity contribution >= 4 is 17.1 Å². The number of H-pyrrole nitrogens is 1. The minimum absolute atomic E-state index is 0.522. The highest BCUT2D eigenvalue weighted by molar-refractivity contribution is 5.85. The van der Waals surface area contributed by atoms with Crippen LogP contribution in [0.2, 0.25) is 0 Å². The molecule has 0 aliphatic rings. The predicted octanol–water partition coefficient (Wildman–Crippen LogP) is 2.57. The molecule has 16 heavy (non-hydrogen) atoms. The molecule has 0 unspecified atom stereocenters. The highest BCUT2D eigenvalue weighted by Gasteiger charge is 1.99. The van der Waals surface area contributed by atoms with Crippen LogP contribution in [-0.2, 0) is 0 Å². The minimum atomic E-state index is 0.522. The van der Waals surface area contributed by atoms with Gasteiger partial charge < -0.3 is 10.3 Å². The Morgan fingerprint density at radius 2 is 2.38 bits per heavy atom. The summed E-state index contributed by atoms with van der Waals surface area (Å²) in [6.45, 7) is 5.18. The average molecular weight is 215 g/mol. The molecule has 0 bridgehead atoms. The number of pyridine rings is 1. The predicted molar refractivity (Wildman–Crippen MR) is 68.3 cm³/mol. The zero-order valence-corrected chi connectivity index (χ0v) is 9.70. The van der Waals surface area contributed by atoms with Crippen molar-refractivity contribution in [2.45, 2.75) is 19.9 Å². The molecule has 0 amide bonds. The summed E-state index contributed by atoms with van der Waals surface area (Å²) in [4.78, 5) is 7.41. The molecule has 2 aromatic heterocycles. The molecule has 0 saturated carbocycles. The number of aromatic nitrogens is 2. The Kier molecular flexibility index (Phi) is 3.37. The van der Waals surface area contributed by atoms with E-state index in [1.165, 1.54) is 10.9 Å². The lowest BCUT2D eigenvalue weighted by Gasteiger charge is -2.02. The van der Waals surface area contributed by atoms with Gasteiger partial charge in [0.25, 0.3) is 0 Å². The fourth-order valence-electron chi connectivity index (χ4n) is 1.60. The molecule has 2 heterocycles. The third-order valence-electron chi connectivity index (χ3n) is 2.42. The molecule has 84 valence electrons. The molecule has 2 N–H and O–H groups in total. The first kappa shape index (κ1) is 10.9. The first-order valence-electron chi connectivity index (χ1n) is 5.59. The molecule has 3 heteroatoms. The van der Waals surface area contributed by atoms with Crippen molar-refractivity contribution in [2.75, 3.05) is 6.54 Å². The van der Waals surface area contributed by atoms with E-state index in [1.807, 2.05) is 12.3 Å². The van der Waals surface area contributed by atoms with Crippen LogP contribution in [0.1, 0.15) is 19.4 Å². The van der Waals surface area contributed by atoms with Crippen LogP contribution >= 0.6 is 0 Å². The van der Waals surface area contributed by atoms with Crippen molar-refractivity contribution in [1.29, 1.82) is 0 Å². The lowest BCUT2D eigenvalue weighted by Crippen LogP contribution is -2.22. The van der Waals surface area contributed by atoms with Crippen molar-refractivity contribution in [3.05, 3.63) is 36.2 Å². The molecule has 0 saturated heterocycles. The first-order chi connectivity index (χ1) is 7.77. The van der Waals surface area contributed by atoms with Gasteiger partial charge in [-0.3, -0.25) is 0 Å². The van der Waals surface area contributed by atoms with Gasteiger partial charge in [0.2, 0.25) is 0 Å². The van der Waals surface area contributed by atoms with Crippen LogP contribution in [0.15, 0.2) is 30.6 Å². The fraction of sp³-hybridized carbons (Fsp3) is 0.308. The number of nitrogens with zero attached hydrogens (tertiary/aromatic N) is 1. The summed E-state index contributed by atoms with van der Waals surface area (Å²) < 4.78 is 0. The summed E-state index contributed by atoms with van der Waals surface area (Å²) in [7, 11) is 0. The second-order valence-corrected chi connectivity index (χ2v) is 4.11. The summed E-state index contributed by atoms with van der Waals surface area (Å²) >= 11 is 0. The van der Waals surface area contributed by atoms with Crippen molar-refractivity contribution in [3.63, 3.8) is 0 Å². The molecule has 2 aromatic rings. The zero-order chi connectivity index (χ0) is 11.4. The summed E-state index contributed by atoms with van der Waals surface area (Å²) in [5, 5.41) is 4.51. The van der Waals surface area contributed by atoms with Gasteiger partial charge in [-0.1, -0.05) is 26.0 Å². The molecule has 0 aliphatic heterocycles. The van der Waals surface area contributed by atoms with Crippen LogP contribution in [0, 0.1) is 0 Å². The van der Waals surface area contributed by atoms with Gasteiger partial charge in [-0.2, -0.15) is 0 Å². The topological polar surface area (TPSA) is 40.7 Å². The van der Waals surface area contributed by atoms with Crippen LogP contribution in [0.4, 0.5) is 0 Å². The van der Waals surface area contributed by atoms with E-state index in [9.17, 15) is 0 Å². The Labute approximate surface area is 95.6 Å². The van der Waals surface area contributed by atoms with Crippen LogP contribution in [0.25, 0.3) is 17.1 Å². The van der Waals surface area contributed by atoms with Crippen LogP contribution in [-0.4, -0.2) is 22.6 Å². The van der Waals surface area contributed by atoms with Crippen molar-refractivity contribution in [3.8, 4) is 0 Å². The van der Waals surface area contributed by atoms with Gasteiger partial charge in [0.15, 0.2) is 0 Å². The maximum atomic E-state index is 4.25. The number of hydrogen-bond donors (Lipinski definition) is 2. The quantitative estimate of drug-likeness (QED) is 0.823. The molecule has 0 fully saturated rings. The smallest absolute Gasteiger partial charge is 0.137 e. The van der Waals surface area contributed by atoms with E-state index in [0.29, 0.717) is 6.04 Å². The minimum Gasteiger partial charge on any atom is -0.346 e. The standard InChI is InChI=1S/C13H17N3/c1-10(2)14-7-3-5-11-9-16-13-12(11)6-4-8-15-13/h3-6,8-10,14H,7H2,1-2H3,(H,15,16). The Morgan fingerprint density at radius 1 is 1.50 bits per heavy atom. The summed E-state index contributed by atoms with van der Waals surface area (Å²) in [5.41, 5.74) is 2.13. The average Bonchev–Trinajstić information content (AvgIpc) is 2.68. The normalized spacial score (nSPS) is 11.9. The van der Waals surface area contributed by atoms with Crippen LogP contribution < -0.4 is 5.32 Å². The van der Waals surface area contributed by atoms with E-state index < -0.39 is 0 Å². The molecular formula is C13H17N3. The monoisotopic (exact) mass is 215 g/mol. The lowest BCUT2D eigenvalue weighted by molar-refractivity contribution is 0.633.